The third kappa shape index (κ3) is 6.75. The molecule has 142 valence electrons. The Bertz CT molecular complexity index is 780. The van der Waals surface area contributed by atoms with E-state index in [1.54, 1.807) is 24.3 Å². The van der Waals surface area contributed by atoms with Crippen LogP contribution < -0.4 is 16.2 Å². The second kappa shape index (κ2) is 9.13. The monoisotopic (exact) mass is 445 g/mol. The molecular formula is C16H20BrN3O5S. The first kappa shape index (κ1) is 20.4. The van der Waals surface area contributed by atoms with Crippen molar-refractivity contribution >= 4 is 43.5 Å². The number of nitrogens with one attached hydrogen (secondary N) is 3. The van der Waals surface area contributed by atoms with Crippen molar-refractivity contribution < 1.29 is 22.8 Å². The lowest BCUT2D eigenvalue weighted by Crippen LogP contribution is -2.43. The lowest BCUT2D eigenvalue weighted by atomic mass is 10.1. The number of benzene rings is 1. The van der Waals surface area contributed by atoms with Crippen LogP contribution in [0.1, 0.15) is 29.6 Å². The molecule has 1 heterocycles. The first-order valence-electron chi connectivity index (χ1n) is 8.07. The van der Waals surface area contributed by atoms with Crippen molar-refractivity contribution in [2.75, 3.05) is 18.1 Å². The Balaban J connectivity index is 1.62. The van der Waals surface area contributed by atoms with Crippen LogP contribution >= 0.6 is 15.9 Å². The highest BCUT2D eigenvalue weighted by Gasteiger charge is 2.29. The molecule has 1 aromatic carbocycles. The van der Waals surface area contributed by atoms with Crippen LogP contribution in [0.3, 0.4) is 0 Å². The molecule has 0 saturated carbocycles. The maximum atomic E-state index is 11.9. The standard InChI is InChI=1S/C16H20BrN3O5S/c17-13-3-1-12(2-4-13)16(23)18-7-5-14(21)19-20-15(22)9-11-6-8-26(24,25)10-11/h1-4,11H,5-10H2,(H,18,23)(H,19,21)(H,20,22)/t11-/m1/s1. The van der Waals surface area contributed by atoms with Crippen LogP contribution in [-0.2, 0) is 19.4 Å². The Kier molecular flexibility index (Phi) is 7.15. The SMILES string of the molecule is O=C(CCNC(=O)c1ccc(Br)cc1)NNC(=O)C[C@H]1CCS(=O)(=O)C1. The number of halogens is 1. The van der Waals surface area contributed by atoms with Gasteiger partial charge in [0.25, 0.3) is 5.91 Å². The molecule has 1 fully saturated rings. The Morgan fingerprint density at radius 2 is 1.73 bits per heavy atom. The molecule has 1 atom stereocenters. The third-order valence-electron chi connectivity index (χ3n) is 3.89. The van der Waals surface area contributed by atoms with Gasteiger partial charge >= 0.3 is 0 Å². The summed E-state index contributed by atoms with van der Waals surface area (Å²) in [5.74, 6) is -1.27. The van der Waals surface area contributed by atoms with Crippen LogP contribution in [0.15, 0.2) is 28.7 Å². The largest absolute Gasteiger partial charge is 0.352 e. The van der Waals surface area contributed by atoms with Crippen molar-refractivity contribution in [1.82, 2.24) is 16.2 Å². The van der Waals surface area contributed by atoms with E-state index in [2.05, 4.69) is 32.1 Å². The van der Waals surface area contributed by atoms with Gasteiger partial charge in [-0.3, -0.25) is 25.2 Å². The Labute approximate surface area is 160 Å². The van der Waals surface area contributed by atoms with E-state index in [1.807, 2.05) is 0 Å². The highest BCUT2D eigenvalue weighted by Crippen LogP contribution is 2.21. The number of hydrogen-bond acceptors (Lipinski definition) is 5. The van der Waals surface area contributed by atoms with Crippen molar-refractivity contribution in [3.05, 3.63) is 34.3 Å². The first-order chi connectivity index (χ1) is 12.2. The second-order valence-corrected chi connectivity index (χ2v) is 9.23. The van der Waals surface area contributed by atoms with Gasteiger partial charge in [-0.05, 0) is 36.6 Å². The predicted molar refractivity (Wildman–Crippen MR) is 98.8 cm³/mol. The van der Waals surface area contributed by atoms with Gasteiger partial charge in [0.15, 0.2) is 9.84 Å². The highest BCUT2D eigenvalue weighted by atomic mass is 79.9. The summed E-state index contributed by atoms with van der Waals surface area (Å²) in [5, 5.41) is 2.61. The minimum absolute atomic E-state index is 0.000353. The van der Waals surface area contributed by atoms with Crippen molar-refractivity contribution in [1.29, 1.82) is 0 Å². The molecule has 1 aliphatic heterocycles. The first-order valence-corrected chi connectivity index (χ1v) is 10.7. The zero-order chi connectivity index (χ0) is 19.2. The molecule has 1 aliphatic rings. The minimum Gasteiger partial charge on any atom is -0.352 e. The van der Waals surface area contributed by atoms with Gasteiger partial charge in [0.1, 0.15) is 0 Å². The Morgan fingerprint density at radius 3 is 2.35 bits per heavy atom. The van der Waals surface area contributed by atoms with E-state index in [4.69, 9.17) is 0 Å². The minimum atomic E-state index is -3.03. The quantitative estimate of drug-likeness (QED) is 0.551. The topological polar surface area (TPSA) is 121 Å². The molecule has 3 amide bonds. The fourth-order valence-corrected chi connectivity index (χ4v) is 4.67. The number of rotatable bonds is 6. The van der Waals surface area contributed by atoms with Gasteiger partial charge in [-0.1, -0.05) is 15.9 Å². The zero-order valence-corrected chi connectivity index (χ0v) is 16.4. The molecule has 0 aromatic heterocycles. The van der Waals surface area contributed by atoms with Gasteiger partial charge in [0.05, 0.1) is 11.5 Å². The molecular weight excluding hydrogens is 426 g/mol. The molecule has 0 spiro atoms. The summed E-state index contributed by atoms with van der Waals surface area (Å²) in [6.45, 7) is 0.122. The Morgan fingerprint density at radius 1 is 1.08 bits per heavy atom. The van der Waals surface area contributed by atoms with E-state index in [9.17, 15) is 22.8 Å². The van der Waals surface area contributed by atoms with E-state index in [-0.39, 0.29) is 42.7 Å². The molecule has 0 radical (unpaired) electrons. The van der Waals surface area contributed by atoms with Gasteiger partial charge in [-0.2, -0.15) is 0 Å². The molecule has 8 nitrogen and oxygen atoms in total. The maximum Gasteiger partial charge on any atom is 0.251 e. The van der Waals surface area contributed by atoms with Crippen molar-refractivity contribution in [3.8, 4) is 0 Å². The van der Waals surface area contributed by atoms with Crippen LogP contribution in [-0.4, -0.2) is 44.2 Å². The average Bonchev–Trinajstić information content (AvgIpc) is 2.92. The molecule has 0 unspecified atom stereocenters. The zero-order valence-electron chi connectivity index (χ0n) is 14.0. The molecule has 1 saturated heterocycles. The lowest BCUT2D eigenvalue weighted by molar-refractivity contribution is -0.129. The fourth-order valence-electron chi connectivity index (χ4n) is 2.54. The summed E-state index contributed by atoms with van der Waals surface area (Å²) in [6.07, 6.45) is 0.520. The van der Waals surface area contributed by atoms with Crippen molar-refractivity contribution in [3.63, 3.8) is 0 Å². The number of sulfone groups is 1. The van der Waals surface area contributed by atoms with Gasteiger partial charge < -0.3 is 5.32 Å². The molecule has 0 aliphatic carbocycles. The van der Waals surface area contributed by atoms with Crippen LogP contribution in [0.4, 0.5) is 0 Å². The number of amides is 3. The van der Waals surface area contributed by atoms with Crippen molar-refractivity contribution in [2.24, 2.45) is 5.92 Å². The lowest BCUT2D eigenvalue weighted by Gasteiger charge is -2.10. The van der Waals surface area contributed by atoms with Crippen LogP contribution in [0.25, 0.3) is 0 Å². The average molecular weight is 446 g/mol. The van der Waals surface area contributed by atoms with E-state index in [0.29, 0.717) is 12.0 Å². The highest BCUT2D eigenvalue weighted by molar-refractivity contribution is 9.10. The van der Waals surface area contributed by atoms with Crippen LogP contribution in [0.2, 0.25) is 0 Å². The smallest absolute Gasteiger partial charge is 0.251 e. The fraction of sp³-hybridized carbons (Fsp3) is 0.438. The molecule has 26 heavy (non-hydrogen) atoms. The number of carbonyl (C=O) groups excluding carboxylic acids is 3. The molecule has 3 N–H and O–H groups in total. The number of hydrogen-bond donors (Lipinski definition) is 3. The normalized spacial score (nSPS) is 18.1. The van der Waals surface area contributed by atoms with Gasteiger partial charge in [0, 0.05) is 29.4 Å². The van der Waals surface area contributed by atoms with Crippen molar-refractivity contribution in [2.45, 2.75) is 19.3 Å². The summed E-state index contributed by atoms with van der Waals surface area (Å²) in [4.78, 5) is 35.3. The summed E-state index contributed by atoms with van der Waals surface area (Å²) >= 11 is 3.28. The van der Waals surface area contributed by atoms with E-state index in [1.165, 1.54) is 0 Å². The van der Waals surface area contributed by atoms with E-state index >= 15 is 0 Å². The maximum absolute atomic E-state index is 11.9. The third-order valence-corrected chi connectivity index (χ3v) is 6.25. The van der Waals surface area contributed by atoms with E-state index < -0.39 is 21.7 Å². The van der Waals surface area contributed by atoms with Crippen LogP contribution in [0, 0.1) is 5.92 Å². The molecule has 2 rings (SSSR count). The molecule has 0 bridgehead atoms. The second-order valence-electron chi connectivity index (χ2n) is 6.08. The predicted octanol–water partition coefficient (Wildman–Crippen LogP) is 0.541. The summed E-state index contributed by atoms with van der Waals surface area (Å²) < 4.78 is 23.5. The summed E-state index contributed by atoms with van der Waals surface area (Å²) in [6, 6.07) is 6.80. The Hall–Kier alpha value is -1.94. The van der Waals surface area contributed by atoms with Gasteiger partial charge in [-0.15, -0.1) is 0 Å². The summed E-state index contributed by atoms with van der Waals surface area (Å²) in [7, 11) is -3.03. The number of hydrazine groups is 1. The van der Waals surface area contributed by atoms with E-state index in [0.717, 1.165) is 4.47 Å². The molecule has 1 aromatic rings. The van der Waals surface area contributed by atoms with Crippen LogP contribution in [0.5, 0.6) is 0 Å². The number of carbonyl (C=O) groups is 3. The molecule has 10 heteroatoms. The van der Waals surface area contributed by atoms with Gasteiger partial charge in [-0.25, -0.2) is 8.42 Å². The summed E-state index contributed by atoms with van der Waals surface area (Å²) in [5.41, 5.74) is 4.99. The van der Waals surface area contributed by atoms with Gasteiger partial charge in [0.2, 0.25) is 11.8 Å².